The van der Waals surface area contributed by atoms with Crippen LogP contribution >= 0.6 is 0 Å². The van der Waals surface area contributed by atoms with Gasteiger partial charge in [-0.1, -0.05) is 39.5 Å². The van der Waals surface area contributed by atoms with E-state index in [1.807, 2.05) is 0 Å². The first-order chi connectivity index (χ1) is 6.24. The van der Waals surface area contributed by atoms with E-state index in [0.717, 1.165) is 6.42 Å². The zero-order valence-corrected chi connectivity index (χ0v) is 9.13. The van der Waals surface area contributed by atoms with E-state index in [-0.39, 0.29) is 6.10 Å². The summed E-state index contributed by atoms with van der Waals surface area (Å²) in [5.74, 6) is 1.33. The molecule has 0 radical (unpaired) electrons. The van der Waals surface area contributed by atoms with Crippen LogP contribution in [0.25, 0.3) is 0 Å². The highest BCUT2D eigenvalue weighted by Gasteiger charge is 2.24. The highest BCUT2D eigenvalue weighted by Crippen LogP contribution is 2.30. The minimum atomic E-state index is -0.0101. The average Bonchev–Trinajstić information content (AvgIpc) is 2.55. The summed E-state index contributed by atoms with van der Waals surface area (Å²) < 4.78 is 0. The lowest BCUT2D eigenvalue weighted by atomic mass is 9.90. The van der Waals surface area contributed by atoms with Gasteiger partial charge in [-0.05, 0) is 31.1 Å². The van der Waals surface area contributed by atoms with Crippen LogP contribution < -0.4 is 0 Å². The molecule has 1 saturated carbocycles. The van der Waals surface area contributed by atoms with Crippen molar-refractivity contribution in [2.75, 3.05) is 0 Å². The Kier molecular flexibility index (Phi) is 4.79. The SMILES string of the molecule is CCCC(C)CC(O)C1CCCC1. The van der Waals surface area contributed by atoms with Gasteiger partial charge < -0.3 is 5.11 Å². The van der Waals surface area contributed by atoms with E-state index in [0.29, 0.717) is 11.8 Å². The van der Waals surface area contributed by atoms with Gasteiger partial charge in [0.25, 0.3) is 0 Å². The second-order valence-electron chi connectivity index (χ2n) is 4.74. The van der Waals surface area contributed by atoms with E-state index >= 15 is 0 Å². The monoisotopic (exact) mass is 184 g/mol. The zero-order chi connectivity index (χ0) is 9.68. The Labute approximate surface area is 82.5 Å². The van der Waals surface area contributed by atoms with Crippen molar-refractivity contribution in [1.29, 1.82) is 0 Å². The molecule has 2 unspecified atom stereocenters. The minimum Gasteiger partial charge on any atom is -0.393 e. The molecule has 0 spiro atoms. The summed E-state index contributed by atoms with van der Waals surface area (Å²) in [5.41, 5.74) is 0. The molecule has 0 amide bonds. The largest absolute Gasteiger partial charge is 0.393 e. The van der Waals surface area contributed by atoms with Crippen LogP contribution in [0.2, 0.25) is 0 Å². The molecule has 1 aliphatic rings. The standard InChI is InChI=1S/C12H24O/c1-3-6-10(2)9-12(13)11-7-4-5-8-11/h10-13H,3-9H2,1-2H3. The Hall–Kier alpha value is -0.0400. The molecular formula is C12H24O. The van der Waals surface area contributed by atoms with E-state index in [9.17, 15) is 5.11 Å². The van der Waals surface area contributed by atoms with E-state index in [2.05, 4.69) is 13.8 Å². The lowest BCUT2D eigenvalue weighted by Gasteiger charge is -2.21. The smallest absolute Gasteiger partial charge is 0.0570 e. The summed E-state index contributed by atoms with van der Waals surface area (Å²) in [6, 6.07) is 0. The van der Waals surface area contributed by atoms with E-state index < -0.39 is 0 Å². The predicted octanol–water partition coefficient (Wildman–Crippen LogP) is 3.36. The summed E-state index contributed by atoms with van der Waals surface area (Å²) in [6.07, 6.45) is 8.73. The van der Waals surface area contributed by atoms with Gasteiger partial charge in [0.15, 0.2) is 0 Å². The van der Waals surface area contributed by atoms with Gasteiger partial charge in [-0.2, -0.15) is 0 Å². The second-order valence-corrected chi connectivity index (χ2v) is 4.74. The highest BCUT2D eigenvalue weighted by atomic mass is 16.3. The molecule has 1 N–H and O–H groups in total. The lowest BCUT2D eigenvalue weighted by Crippen LogP contribution is -2.20. The van der Waals surface area contributed by atoms with E-state index in [1.54, 1.807) is 0 Å². The normalized spacial score (nSPS) is 23.3. The maximum atomic E-state index is 9.95. The van der Waals surface area contributed by atoms with Crippen molar-refractivity contribution in [2.24, 2.45) is 11.8 Å². The fourth-order valence-corrected chi connectivity index (χ4v) is 2.56. The Morgan fingerprint density at radius 3 is 2.46 bits per heavy atom. The van der Waals surface area contributed by atoms with Crippen molar-refractivity contribution >= 4 is 0 Å². The van der Waals surface area contributed by atoms with Crippen LogP contribution in [0.4, 0.5) is 0 Å². The van der Waals surface area contributed by atoms with Gasteiger partial charge >= 0.3 is 0 Å². The van der Waals surface area contributed by atoms with Crippen LogP contribution in [-0.4, -0.2) is 11.2 Å². The van der Waals surface area contributed by atoms with Gasteiger partial charge in [0, 0.05) is 0 Å². The van der Waals surface area contributed by atoms with Gasteiger partial charge in [-0.15, -0.1) is 0 Å². The first kappa shape index (κ1) is 11.0. The number of aliphatic hydroxyl groups is 1. The van der Waals surface area contributed by atoms with Crippen molar-refractivity contribution in [2.45, 2.75) is 64.9 Å². The molecule has 0 saturated heterocycles. The molecule has 0 aromatic rings. The number of aliphatic hydroxyl groups excluding tert-OH is 1. The molecule has 1 fully saturated rings. The third-order valence-corrected chi connectivity index (χ3v) is 3.37. The molecular weight excluding hydrogens is 160 g/mol. The summed E-state index contributed by atoms with van der Waals surface area (Å²) in [4.78, 5) is 0. The fourth-order valence-electron chi connectivity index (χ4n) is 2.56. The van der Waals surface area contributed by atoms with Crippen molar-refractivity contribution in [3.8, 4) is 0 Å². The van der Waals surface area contributed by atoms with Gasteiger partial charge in [0.05, 0.1) is 6.10 Å². The quantitative estimate of drug-likeness (QED) is 0.694. The maximum Gasteiger partial charge on any atom is 0.0570 e. The fraction of sp³-hybridized carbons (Fsp3) is 1.00. The van der Waals surface area contributed by atoms with Crippen LogP contribution in [0.5, 0.6) is 0 Å². The number of hydrogen-bond donors (Lipinski definition) is 1. The number of rotatable bonds is 5. The minimum absolute atomic E-state index is 0.0101. The third kappa shape index (κ3) is 3.68. The first-order valence-electron chi connectivity index (χ1n) is 5.92. The molecule has 0 bridgehead atoms. The zero-order valence-electron chi connectivity index (χ0n) is 9.13. The van der Waals surface area contributed by atoms with Gasteiger partial charge in [0.1, 0.15) is 0 Å². The molecule has 1 aliphatic carbocycles. The molecule has 0 aromatic heterocycles. The number of hydrogen-bond acceptors (Lipinski definition) is 1. The maximum absolute atomic E-state index is 9.95. The molecule has 0 aromatic carbocycles. The van der Waals surface area contributed by atoms with Crippen molar-refractivity contribution < 1.29 is 5.11 Å². The molecule has 1 heteroatoms. The van der Waals surface area contributed by atoms with Gasteiger partial charge in [-0.3, -0.25) is 0 Å². The summed E-state index contributed by atoms with van der Waals surface area (Å²) in [6.45, 7) is 4.49. The van der Waals surface area contributed by atoms with Crippen LogP contribution in [0.3, 0.4) is 0 Å². The van der Waals surface area contributed by atoms with E-state index in [4.69, 9.17) is 0 Å². The van der Waals surface area contributed by atoms with Crippen LogP contribution in [-0.2, 0) is 0 Å². The van der Waals surface area contributed by atoms with Crippen molar-refractivity contribution in [3.63, 3.8) is 0 Å². The van der Waals surface area contributed by atoms with Gasteiger partial charge in [0.2, 0.25) is 0 Å². The van der Waals surface area contributed by atoms with Crippen molar-refractivity contribution in [1.82, 2.24) is 0 Å². The Morgan fingerprint density at radius 1 is 1.31 bits per heavy atom. The van der Waals surface area contributed by atoms with E-state index in [1.165, 1.54) is 38.5 Å². The molecule has 13 heavy (non-hydrogen) atoms. The van der Waals surface area contributed by atoms with Crippen LogP contribution in [0.15, 0.2) is 0 Å². The molecule has 0 heterocycles. The summed E-state index contributed by atoms with van der Waals surface area (Å²) in [5, 5.41) is 9.95. The Morgan fingerprint density at radius 2 is 1.92 bits per heavy atom. The molecule has 78 valence electrons. The van der Waals surface area contributed by atoms with Gasteiger partial charge in [-0.25, -0.2) is 0 Å². The molecule has 0 aliphatic heterocycles. The van der Waals surface area contributed by atoms with Crippen molar-refractivity contribution in [3.05, 3.63) is 0 Å². The van der Waals surface area contributed by atoms with Crippen LogP contribution in [0, 0.1) is 11.8 Å². The first-order valence-corrected chi connectivity index (χ1v) is 5.92. The van der Waals surface area contributed by atoms with Crippen LogP contribution in [0.1, 0.15) is 58.8 Å². The summed E-state index contributed by atoms with van der Waals surface area (Å²) in [7, 11) is 0. The Balaban J connectivity index is 2.18. The predicted molar refractivity (Wildman–Crippen MR) is 56.7 cm³/mol. The highest BCUT2D eigenvalue weighted by molar-refractivity contribution is 4.75. The third-order valence-electron chi connectivity index (χ3n) is 3.37. The second kappa shape index (κ2) is 5.64. The molecule has 1 rings (SSSR count). The summed E-state index contributed by atoms with van der Waals surface area (Å²) >= 11 is 0. The topological polar surface area (TPSA) is 20.2 Å². The Bertz CT molecular complexity index is 127. The lowest BCUT2D eigenvalue weighted by molar-refractivity contribution is 0.0853. The molecule has 2 atom stereocenters. The average molecular weight is 184 g/mol. The molecule has 1 nitrogen and oxygen atoms in total.